The SMILES string of the molecule is CC(C)(C(F)F)n1cc(OC(=O)O)c(=O)c2cc(F)c(F)cc21. The van der Waals surface area contributed by atoms with Gasteiger partial charge in [0.1, 0.15) is 0 Å². The van der Waals surface area contributed by atoms with Crippen LogP contribution in [0.5, 0.6) is 5.75 Å². The van der Waals surface area contributed by atoms with E-state index in [1.54, 1.807) is 0 Å². The molecule has 1 aromatic heterocycles. The predicted octanol–water partition coefficient (Wildman–Crippen LogP) is 3.34. The van der Waals surface area contributed by atoms with Crippen molar-refractivity contribution in [3.63, 3.8) is 0 Å². The molecule has 0 aliphatic rings. The molecule has 124 valence electrons. The van der Waals surface area contributed by atoms with Crippen molar-refractivity contribution in [2.75, 3.05) is 0 Å². The highest BCUT2D eigenvalue weighted by Gasteiger charge is 2.33. The van der Waals surface area contributed by atoms with E-state index in [1.807, 2.05) is 0 Å². The second kappa shape index (κ2) is 5.56. The molecule has 1 N–H and O–H groups in total. The summed E-state index contributed by atoms with van der Waals surface area (Å²) in [6.07, 6.45) is -4.05. The minimum atomic E-state index is -2.95. The van der Waals surface area contributed by atoms with Crippen molar-refractivity contribution in [2.45, 2.75) is 25.8 Å². The molecular formula is C14H11F4NO4. The normalized spacial score (nSPS) is 12.0. The summed E-state index contributed by atoms with van der Waals surface area (Å²) in [6, 6.07) is 1.11. The van der Waals surface area contributed by atoms with Crippen molar-refractivity contribution in [3.8, 4) is 5.75 Å². The molecular weight excluding hydrogens is 322 g/mol. The van der Waals surface area contributed by atoms with Gasteiger partial charge in [-0.15, -0.1) is 0 Å². The number of halogens is 4. The first-order valence-electron chi connectivity index (χ1n) is 6.29. The Labute approximate surface area is 126 Å². The van der Waals surface area contributed by atoms with Crippen LogP contribution in [0.3, 0.4) is 0 Å². The van der Waals surface area contributed by atoms with Crippen molar-refractivity contribution in [1.82, 2.24) is 4.57 Å². The van der Waals surface area contributed by atoms with Gasteiger partial charge in [-0.3, -0.25) is 4.79 Å². The van der Waals surface area contributed by atoms with Crippen LogP contribution in [0.2, 0.25) is 0 Å². The maximum absolute atomic E-state index is 13.5. The molecule has 23 heavy (non-hydrogen) atoms. The van der Waals surface area contributed by atoms with E-state index in [0.29, 0.717) is 12.1 Å². The Morgan fingerprint density at radius 1 is 1.26 bits per heavy atom. The number of hydrogen-bond acceptors (Lipinski definition) is 3. The molecule has 9 heteroatoms. The first kappa shape index (κ1) is 16.8. The van der Waals surface area contributed by atoms with E-state index < -0.39 is 46.3 Å². The molecule has 0 spiro atoms. The van der Waals surface area contributed by atoms with Gasteiger partial charge in [-0.2, -0.15) is 0 Å². The molecule has 0 unspecified atom stereocenters. The minimum Gasteiger partial charge on any atom is -0.449 e. The maximum atomic E-state index is 13.5. The number of carboxylic acid groups (broad SMARTS) is 1. The summed E-state index contributed by atoms with van der Waals surface area (Å²) < 4.78 is 58.4. The zero-order valence-electron chi connectivity index (χ0n) is 11.9. The fraction of sp³-hybridized carbons (Fsp3) is 0.286. The lowest BCUT2D eigenvalue weighted by Gasteiger charge is -2.29. The highest BCUT2D eigenvalue weighted by atomic mass is 19.3. The number of ether oxygens (including phenoxy) is 1. The van der Waals surface area contributed by atoms with Crippen molar-refractivity contribution in [2.24, 2.45) is 0 Å². The van der Waals surface area contributed by atoms with Gasteiger partial charge in [-0.1, -0.05) is 0 Å². The Balaban J connectivity index is 2.94. The third-order valence-electron chi connectivity index (χ3n) is 3.37. The number of hydrogen-bond donors (Lipinski definition) is 1. The van der Waals surface area contributed by atoms with E-state index >= 15 is 0 Å². The quantitative estimate of drug-likeness (QED) is 0.691. The molecule has 2 aromatic rings. The third-order valence-corrected chi connectivity index (χ3v) is 3.37. The van der Waals surface area contributed by atoms with Crippen molar-refractivity contribution in [1.29, 1.82) is 0 Å². The molecule has 5 nitrogen and oxygen atoms in total. The van der Waals surface area contributed by atoms with Crippen LogP contribution >= 0.6 is 0 Å². The van der Waals surface area contributed by atoms with Crippen LogP contribution < -0.4 is 10.2 Å². The summed E-state index contributed by atoms with van der Waals surface area (Å²) in [5.41, 5.74) is -3.30. The van der Waals surface area contributed by atoms with Crippen LogP contribution in [0.25, 0.3) is 10.9 Å². The largest absolute Gasteiger partial charge is 0.511 e. The molecule has 2 rings (SSSR count). The zero-order chi connectivity index (χ0) is 17.5. The topological polar surface area (TPSA) is 68.5 Å². The van der Waals surface area contributed by atoms with Gasteiger partial charge >= 0.3 is 6.16 Å². The number of nitrogens with zero attached hydrogens (tertiary/aromatic N) is 1. The first-order valence-corrected chi connectivity index (χ1v) is 6.29. The summed E-state index contributed by atoms with van der Waals surface area (Å²) >= 11 is 0. The van der Waals surface area contributed by atoms with E-state index in [1.165, 1.54) is 0 Å². The second-order valence-corrected chi connectivity index (χ2v) is 5.30. The average Bonchev–Trinajstić information content (AvgIpc) is 2.43. The van der Waals surface area contributed by atoms with Crippen LogP contribution in [-0.4, -0.2) is 22.3 Å². The Hall–Kier alpha value is -2.58. The molecule has 0 aliphatic heterocycles. The number of rotatable bonds is 3. The summed E-state index contributed by atoms with van der Waals surface area (Å²) in [7, 11) is 0. The fourth-order valence-electron chi connectivity index (χ4n) is 2.04. The number of pyridine rings is 1. The highest BCUT2D eigenvalue weighted by Crippen LogP contribution is 2.30. The van der Waals surface area contributed by atoms with Crippen LogP contribution in [0, 0.1) is 11.6 Å². The first-order chi connectivity index (χ1) is 10.6. The second-order valence-electron chi connectivity index (χ2n) is 5.30. The summed E-state index contributed by atoms with van der Waals surface area (Å²) in [5, 5.41) is 8.14. The van der Waals surface area contributed by atoms with Gasteiger partial charge < -0.3 is 14.4 Å². The molecule has 0 amide bonds. The van der Waals surface area contributed by atoms with Gasteiger partial charge in [0.05, 0.1) is 22.6 Å². The molecule has 1 heterocycles. The molecule has 1 aromatic carbocycles. The Morgan fingerprint density at radius 3 is 2.35 bits per heavy atom. The molecule has 0 radical (unpaired) electrons. The fourth-order valence-corrected chi connectivity index (χ4v) is 2.04. The lowest BCUT2D eigenvalue weighted by Crippen LogP contribution is -2.36. The molecule has 0 aliphatic carbocycles. The van der Waals surface area contributed by atoms with Crippen molar-refractivity contribution in [3.05, 3.63) is 40.2 Å². The monoisotopic (exact) mass is 333 g/mol. The lowest BCUT2D eigenvalue weighted by atomic mass is 10.0. The van der Waals surface area contributed by atoms with E-state index in [4.69, 9.17) is 5.11 Å². The van der Waals surface area contributed by atoms with Crippen LogP contribution in [0.4, 0.5) is 22.4 Å². The number of aromatic nitrogens is 1. The third kappa shape index (κ3) is 2.86. The van der Waals surface area contributed by atoms with Crippen molar-refractivity contribution < 1.29 is 32.2 Å². The van der Waals surface area contributed by atoms with Gasteiger partial charge in [0.15, 0.2) is 17.4 Å². The van der Waals surface area contributed by atoms with E-state index in [-0.39, 0.29) is 5.52 Å². The number of carbonyl (C=O) groups is 1. The molecule has 0 bridgehead atoms. The molecule has 0 saturated carbocycles. The number of benzene rings is 1. The van der Waals surface area contributed by atoms with Gasteiger partial charge in [-0.05, 0) is 19.9 Å². The van der Waals surface area contributed by atoms with E-state index in [0.717, 1.165) is 24.6 Å². The van der Waals surface area contributed by atoms with E-state index in [2.05, 4.69) is 4.74 Å². The molecule has 0 atom stereocenters. The molecule has 0 fully saturated rings. The maximum Gasteiger partial charge on any atom is 0.511 e. The number of fused-ring (bicyclic) bond motifs is 1. The summed E-state index contributed by atoms with van der Waals surface area (Å²) in [4.78, 5) is 22.7. The van der Waals surface area contributed by atoms with Gasteiger partial charge in [0.25, 0.3) is 6.43 Å². The van der Waals surface area contributed by atoms with Crippen LogP contribution in [-0.2, 0) is 5.54 Å². The van der Waals surface area contributed by atoms with Gasteiger partial charge in [0.2, 0.25) is 5.43 Å². The Bertz CT molecular complexity index is 845. The average molecular weight is 333 g/mol. The highest BCUT2D eigenvalue weighted by molar-refractivity contribution is 5.81. The van der Waals surface area contributed by atoms with Crippen LogP contribution in [0.1, 0.15) is 13.8 Å². The Morgan fingerprint density at radius 2 is 1.83 bits per heavy atom. The summed E-state index contributed by atoms with van der Waals surface area (Å²) in [6.45, 7) is 2.18. The van der Waals surface area contributed by atoms with Gasteiger partial charge in [0, 0.05) is 6.07 Å². The summed E-state index contributed by atoms with van der Waals surface area (Å²) in [5.74, 6) is -3.49. The predicted molar refractivity (Wildman–Crippen MR) is 72.1 cm³/mol. The number of alkyl halides is 2. The molecule has 0 saturated heterocycles. The smallest absolute Gasteiger partial charge is 0.449 e. The zero-order valence-corrected chi connectivity index (χ0v) is 11.9. The van der Waals surface area contributed by atoms with Gasteiger partial charge in [-0.25, -0.2) is 22.4 Å². The Kier molecular flexibility index (Phi) is 4.06. The minimum absolute atomic E-state index is 0.308. The van der Waals surface area contributed by atoms with E-state index in [9.17, 15) is 27.2 Å². The van der Waals surface area contributed by atoms with Crippen molar-refractivity contribution >= 4 is 17.1 Å². The standard InChI is InChI=1S/C14H11F4NO4/c1-14(2,12(17)18)19-5-10(23-13(21)22)11(20)6-3-7(15)8(16)4-9(6)19/h3-5,12H,1-2H3,(H,21,22). The van der Waals surface area contributed by atoms with Crippen LogP contribution in [0.15, 0.2) is 23.1 Å². The lowest BCUT2D eigenvalue weighted by molar-refractivity contribution is 0.0298.